The number of nitriles is 1. The third kappa shape index (κ3) is 2.70. The van der Waals surface area contributed by atoms with Crippen LogP contribution in [-0.2, 0) is 0 Å². The van der Waals surface area contributed by atoms with Crippen molar-refractivity contribution in [2.45, 2.75) is 9.79 Å². The molecule has 0 aliphatic rings. The van der Waals surface area contributed by atoms with Crippen molar-refractivity contribution in [1.82, 2.24) is 4.98 Å². The lowest BCUT2D eigenvalue weighted by molar-refractivity contribution is 1.26. The number of pyridine rings is 1. The molecule has 3 nitrogen and oxygen atoms in total. The maximum Gasteiger partial charge on any atom is 0.101 e. The van der Waals surface area contributed by atoms with Crippen LogP contribution in [0.4, 0.5) is 5.69 Å². The molecule has 0 saturated carbocycles. The molecule has 1 aromatic carbocycles. The highest BCUT2D eigenvalue weighted by molar-refractivity contribution is 7.99. The lowest BCUT2D eigenvalue weighted by Gasteiger charge is -2.05. The van der Waals surface area contributed by atoms with Crippen LogP contribution in [0.3, 0.4) is 0 Å². The monoisotopic (exact) mass is 261 g/mol. The number of halogens is 1. The molecule has 84 valence electrons. The van der Waals surface area contributed by atoms with E-state index in [0.29, 0.717) is 16.3 Å². The van der Waals surface area contributed by atoms with Gasteiger partial charge in [0.15, 0.2) is 0 Å². The van der Waals surface area contributed by atoms with Crippen molar-refractivity contribution in [2.75, 3.05) is 5.73 Å². The summed E-state index contributed by atoms with van der Waals surface area (Å²) >= 11 is 7.44. The van der Waals surface area contributed by atoms with E-state index in [9.17, 15) is 0 Å². The van der Waals surface area contributed by atoms with Crippen molar-refractivity contribution in [2.24, 2.45) is 0 Å². The SMILES string of the molecule is N#Cc1ccc(Sc2ccncc2N)cc1Cl. The van der Waals surface area contributed by atoms with E-state index < -0.39 is 0 Å². The standard InChI is InChI=1S/C12H8ClN3S/c13-10-5-9(2-1-8(10)6-14)17-12-3-4-16-7-11(12)15/h1-5,7H,15H2. The van der Waals surface area contributed by atoms with Gasteiger partial charge in [-0.05, 0) is 24.3 Å². The van der Waals surface area contributed by atoms with Crippen LogP contribution in [0.2, 0.25) is 5.02 Å². The quantitative estimate of drug-likeness (QED) is 0.901. The first-order chi connectivity index (χ1) is 8.20. The van der Waals surface area contributed by atoms with Crippen molar-refractivity contribution in [3.8, 4) is 6.07 Å². The molecule has 0 aliphatic heterocycles. The van der Waals surface area contributed by atoms with Crippen LogP contribution >= 0.6 is 23.4 Å². The zero-order valence-electron chi connectivity index (χ0n) is 8.72. The minimum Gasteiger partial charge on any atom is -0.397 e. The predicted molar refractivity (Wildman–Crippen MR) is 68.9 cm³/mol. The molecule has 0 bridgehead atoms. The van der Waals surface area contributed by atoms with Crippen LogP contribution in [0.1, 0.15) is 5.56 Å². The van der Waals surface area contributed by atoms with E-state index in [1.165, 1.54) is 11.8 Å². The topological polar surface area (TPSA) is 62.7 Å². The second-order valence-corrected chi connectivity index (χ2v) is 4.79. The van der Waals surface area contributed by atoms with Crippen LogP contribution in [0.5, 0.6) is 0 Å². The summed E-state index contributed by atoms with van der Waals surface area (Å²) in [4.78, 5) is 5.78. The summed E-state index contributed by atoms with van der Waals surface area (Å²) in [7, 11) is 0. The van der Waals surface area contributed by atoms with E-state index in [1.807, 2.05) is 18.2 Å². The van der Waals surface area contributed by atoms with Gasteiger partial charge in [0.2, 0.25) is 0 Å². The summed E-state index contributed by atoms with van der Waals surface area (Å²) in [6.45, 7) is 0. The normalized spacial score (nSPS) is 9.88. The Hall–Kier alpha value is -1.70. The van der Waals surface area contributed by atoms with Crippen LogP contribution < -0.4 is 5.73 Å². The number of nitrogen functional groups attached to an aromatic ring is 1. The molecule has 1 aromatic heterocycles. The molecule has 0 fully saturated rings. The van der Waals surface area contributed by atoms with Gasteiger partial charge in [0.05, 0.1) is 22.5 Å². The Morgan fingerprint density at radius 2 is 2.18 bits per heavy atom. The Labute approximate surface area is 108 Å². The van der Waals surface area contributed by atoms with Crippen LogP contribution in [0.15, 0.2) is 46.5 Å². The van der Waals surface area contributed by atoms with Gasteiger partial charge in [0, 0.05) is 16.0 Å². The Morgan fingerprint density at radius 3 is 2.82 bits per heavy atom. The van der Waals surface area contributed by atoms with Gasteiger partial charge < -0.3 is 5.73 Å². The summed E-state index contributed by atoms with van der Waals surface area (Å²) in [6, 6.07) is 9.15. The van der Waals surface area contributed by atoms with Crippen LogP contribution in [-0.4, -0.2) is 4.98 Å². The van der Waals surface area contributed by atoms with Gasteiger partial charge in [-0.3, -0.25) is 4.98 Å². The fourth-order valence-corrected chi connectivity index (χ4v) is 2.42. The van der Waals surface area contributed by atoms with Crippen LogP contribution in [0, 0.1) is 11.3 Å². The molecular formula is C12H8ClN3S. The average Bonchev–Trinajstić information content (AvgIpc) is 2.32. The Kier molecular flexibility index (Phi) is 3.52. The molecule has 2 aromatic rings. The number of nitrogens with zero attached hydrogens (tertiary/aromatic N) is 2. The van der Waals surface area contributed by atoms with E-state index in [2.05, 4.69) is 4.98 Å². The molecule has 17 heavy (non-hydrogen) atoms. The third-order valence-electron chi connectivity index (χ3n) is 2.10. The summed E-state index contributed by atoms with van der Waals surface area (Å²) in [5.41, 5.74) is 6.89. The second kappa shape index (κ2) is 5.09. The number of aromatic nitrogens is 1. The number of benzene rings is 1. The van der Waals surface area contributed by atoms with E-state index in [-0.39, 0.29) is 0 Å². The van der Waals surface area contributed by atoms with E-state index in [0.717, 1.165) is 9.79 Å². The molecule has 0 radical (unpaired) electrons. The Balaban J connectivity index is 2.29. The number of hydrogen-bond donors (Lipinski definition) is 1. The fourth-order valence-electron chi connectivity index (χ4n) is 1.26. The molecule has 2 N–H and O–H groups in total. The summed E-state index contributed by atoms with van der Waals surface area (Å²) in [5, 5.41) is 9.22. The molecule has 0 aliphatic carbocycles. The van der Waals surface area contributed by atoms with E-state index >= 15 is 0 Å². The first kappa shape index (κ1) is 11.8. The highest BCUT2D eigenvalue weighted by Crippen LogP contribution is 2.33. The van der Waals surface area contributed by atoms with Gasteiger partial charge in [0.1, 0.15) is 6.07 Å². The summed E-state index contributed by atoms with van der Waals surface area (Å²) in [5.74, 6) is 0. The molecule has 0 spiro atoms. The largest absolute Gasteiger partial charge is 0.397 e. The summed E-state index contributed by atoms with van der Waals surface area (Å²) in [6.07, 6.45) is 3.29. The van der Waals surface area contributed by atoms with Gasteiger partial charge in [0.25, 0.3) is 0 Å². The molecule has 2 rings (SSSR count). The van der Waals surface area contributed by atoms with Gasteiger partial charge in [-0.2, -0.15) is 5.26 Å². The lowest BCUT2D eigenvalue weighted by Crippen LogP contribution is -1.89. The first-order valence-electron chi connectivity index (χ1n) is 4.77. The van der Waals surface area contributed by atoms with Gasteiger partial charge in [-0.1, -0.05) is 23.4 Å². The lowest BCUT2D eigenvalue weighted by atomic mass is 10.2. The zero-order valence-corrected chi connectivity index (χ0v) is 10.3. The fraction of sp³-hybridized carbons (Fsp3) is 0. The number of hydrogen-bond acceptors (Lipinski definition) is 4. The minimum atomic E-state index is 0.449. The van der Waals surface area contributed by atoms with Gasteiger partial charge in [-0.15, -0.1) is 0 Å². The first-order valence-corrected chi connectivity index (χ1v) is 5.97. The van der Waals surface area contributed by atoms with Gasteiger partial charge >= 0.3 is 0 Å². The molecule has 1 heterocycles. The van der Waals surface area contributed by atoms with Crippen molar-refractivity contribution in [1.29, 1.82) is 5.26 Å². The van der Waals surface area contributed by atoms with Crippen molar-refractivity contribution in [3.63, 3.8) is 0 Å². The zero-order chi connectivity index (χ0) is 12.3. The van der Waals surface area contributed by atoms with Crippen molar-refractivity contribution < 1.29 is 0 Å². The highest BCUT2D eigenvalue weighted by atomic mass is 35.5. The van der Waals surface area contributed by atoms with Crippen molar-refractivity contribution >= 4 is 29.1 Å². The molecule has 5 heteroatoms. The summed E-state index contributed by atoms with van der Waals surface area (Å²) < 4.78 is 0. The van der Waals surface area contributed by atoms with Crippen LogP contribution in [0.25, 0.3) is 0 Å². The minimum absolute atomic E-state index is 0.449. The van der Waals surface area contributed by atoms with Crippen molar-refractivity contribution in [3.05, 3.63) is 47.2 Å². The molecular weight excluding hydrogens is 254 g/mol. The second-order valence-electron chi connectivity index (χ2n) is 3.27. The van der Waals surface area contributed by atoms with E-state index in [1.54, 1.807) is 24.5 Å². The average molecular weight is 262 g/mol. The third-order valence-corrected chi connectivity index (χ3v) is 3.49. The number of rotatable bonds is 2. The predicted octanol–water partition coefficient (Wildman–Crippen LogP) is 3.34. The molecule has 0 atom stereocenters. The molecule has 0 saturated heterocycles. The molecule has 0 amide bonds. The molecule has 0 unspecified atom stereocenters. The number of anilines is 1. The maximum atomic E-state index is 8.77. The Bertz CT molecular complexity index is 593. The smallest absolute Gasteiger partial charge is 0.101 e. The number of nitrogens with two attached hydrogens (primary N) is 1. The van der Waals surface area contributed by atoms with E-state index in [4.69, 9.17) is 22.6 Å². The Morgan fingerprint density at radius 1 is 1.35 bits per heavy atom. The van der Waals surface area contributed by atoms with Gasteiger partial charge in [-0.25, -0.2) is 0 Å². The highest BCUT2D eigenvalue weighted by Gasteiger charge is 2.04. The maximum absolute atomic E-state index is 8.77.